The molecule has 0 radical (unpaired) electrons. The molecular weight excluding hydrogens is 386 g/mol. The summed E-state index contributed by atoms with van der Waals surface area (Å²) in [5, 5.41) is 11.4. The number of carboxylic acids is 1. The van der Waals surface area contributed by atoms with Crippen molar-refractivity contribution in [1.29, 1.82) is 0 Å². The summed E-state index contributed by atoms with van der Waals surface area (Å²) in [5.41, 5.74) is -0.185. The van der Waals surface area contributed by atoms with E-state index in [1.165, 1.54) is 6.92 Å². The van der Waals surface area contributed by atoms with Crippen LogP contribution in [-0.2, 0) is 24.3 Å². The molecule has 0 N–H and O–H groups in total. The van der Waals surface area contributed by atoms with Crippen molar-refractivity contribution in [2.75, 3.05) is 20.8 Å². The van der Waals surface area contributed by atoms with Gasteiger partial charge < -0.3 is 19.4 Å². The third-order valence-electron chi connectivity index (χ3n) is 4.14. The number of carboxylic acid groups (broad SMARTS) is 1. The van der Waals surface area contributed by atoms with Crippen LogP contribution in [0.5, 0.6) is 0 Å². The molecule has 2 heterocycles. The lowest BCUT2D eigenvalue weighted by atomic mass is 10.1. The average molecular weight is 404 g/mol. The first kappa shape index (κ1) is 20.3. The molecule has 0 amide bonds. The Morgan fingerprint density at radius 3 is 2.31 bits per heavy atom. The monoisotopic (exact) mass is 404 g/mol. The van der Waals surface area contributed by atoms with Crippen LogP contribution in [0.4, 0.5) is 0 Å². The molecule has 1 aliphatic heterocycles. The van der Waals surface area contributed by atoms with Gasteiger partial charge in [-0.05, 0) is 25.3 Å². The number of thiophene rings is 1. The Hall–Kier alpha value is -1.98. The number of esters is 2. The molecule has 1 aromatic rings. The van der Waals surface area contributed by atoms with Gasteiger partial charge in [-0.1, -0.05) is 6.42 Å². The number of hydrogen-bond acceptors (Lipinski definition) is 9. The van der Waals surface area contributed by atoms with E-state index in [9.17, 15) is 27.9 Å². The Balaban J connectivity index is 2.66. The standard InChI is InChI=1S/C15H19NO8S2/c1-8-10(13(19)23-2)15(25-11(8)14(20)24-3)26(21,22)16-7-5-4-6-9(16)12(17)18/h9H,4-7H2,1-3H3,(H,17,18)/p-1/t9-/m1/s1. The summed E-state index contributed by atoms with van der Waals surface area (Å²) in [6, 6.07) is -1.33. The van der Waals surface area contributed by atoms with Gasteiger partial charge in [-0.2, -0.15) is 4.31 Å². The van der Waals surface area contributed by atoms with Crippen LogP contribution in [0.1, 0.15) is 44.9 Å². The highest BCUT2D eigenvalue weighted by molar-refractivity contribution is 7.91. The summed E-state index contributed by atoms with van der Waals surface area (Å²) in [6.07, 6.45) is 1.14. The molecule has 9 nitrogen and oxygen atoms in total. The van der Waals surface area contributed by atoms with Crippen molar-refractivity contribution in [1.82, 2.24) is 4.31 Å². The molecular formula is C15H18NO8S2-. The quantitative estimate of drug-likeness (QED) is 0.623. The molecule has 0 aliphatic carbocycles. The Kier molecular flexibility index (Phi) is 6.04. The van der Waals surface area contributed by atoms with Crippen LogP contribution in [0.3, 0.4) is 0 Å². The van der Waals surface area contributed by atoms with E-state index >= 15 is 0 Å². The van der Waals surface area contributed by atoms with Gasteiger partial charge in [0.15, 0.2) is 4.21 Å². The molecule has 1 saturated heterocycles. The third kappa shape index (κ3) is 3.46. The van der Waals surface area contributed by atoms with Gasteiger partial charge in [-0.25, -0.2) is 18.0 Å². The fraction of sp³-hybridized carbons (Fsp3) is 0.533. The highest BCUT2D eigenvalue weighted by atomic mass is 32.2. The van der Waals surface area contributed by atoms with E-state index < -0.39 is 38.2 Å². The van der Waals surface area contributed by atoms with Crippen LogP contribution in [0.2, 0.25) is 0 Å². The van der Waals surface area contributed by atoms with Crippen LogP contribution in [-0.4, -0.2) is 57.4 Å². The Morgan fingerprint density at radius 1 is 1.15 bits per heavy atom. The maximum atomic E-state index is 13.1. The zero-order valence-electron chi connectivity index (χ0n) is 14.4. The molecule has 1 aromatic heterocycles. The molecule has 1 fully saturated rings. The van der Waals surface area contributed by atoms with Gasteiger partial charge in [-0.15, -0.1) is 11.3 Å². The van der Waals surface area contributed by atoms with Gasteiger partial charge in [-0.3, -0.25) is 0 Å². The van der Waals surface area contributed by atoms with Gasteiger partial charge >= 0.3 is 11.9 Å². The molecule has 1 atom stereocenters. The molecule has 0 aromatic carbocycles. The molecule has 26 heavy (non-hydrogen) atoms. The number of carbonyl (C=O) groups is 3. The van der Waals surface area contributed by atoms with Gasteiger partial charge in [0.25, 0.3) is 10.0 Å². The lowest BCUT2D eigenvalue weighted by Crippen LogP contribution is -2.52. The number of aliphatic carboxylic acids is 1. The number of piperidine rings is 1. The van der Waals surface area contributed by atoms with Crippen LogP contribution in [0.25, 0.3) is 0 Å². The first-order valence-electron chi connectivity index (χ1n) is 7.69. The smallest absolute Gasteiger partial charge is 0.348 e. The highest BCUT2D eigenvalue weighted by Crippen LogP contribution is 2.36. The Bertz CT molecular complexity index is 842. The van der Waals surface area contributed by atoms with Crippen molar-refractivity contribution >= 4 is 39.3 Å². The van der Waals surface area contributed by atoms with Gasteiger partial charge in [0.2, 0.25) is 0 Å². The van der Waals surface area contributed by atoms with Crippen molar-refractivity contribution in [3.05, 3.63) is 16.0 Å². The number of hydrogen-bond donors (Lipinski definition) is 0. The summed E-state index contributed by atoms with van der Waals surface area (Å²) in [4.78, 5) is 35.4. The fourth-order valence-corrected chi connectivity index (χ4v) is 6.34. The Morgan fingerprint density at radius 2 is 1.77 bits per heavy atom. The average Bonchev–Trinajstić information content (AvgIpc) is 2.98. The van der Waals surface area contributed by atoms with Crippen molar-refractivity contribution in [2.24, 2.45) is 0 Å². The maximum Gasteiger partial charge on any atom is 0.348 e. The largest absolute Gasteiger partial charge is 0.548 e. The first-order valence-corrected chi connectivity index (χ1v) is 9.95. The SMILES string of the molecule is COC(=O)c1sc(S(=O)(=O)N2CCCC[C@@H]2C(=O)[O-])c(C(=O)OC)c1C. The zero-order valence-corrected chi connectivity index (χ0v) is 16.1. The normalized spacial score (nSPS) is 18.3. The van der Waals surface area contributed by atoms with E-state index in [4.69, 9.17) is 0 Å². The number of rotatable bonds is 5. The van der Waals surface area contributed by atoms with E-state index in [1.807, 2.05) is 0 Å². The fourth-order valence-electron chi connectivity index (χ4n) is 2.83. The second-order valence-electron chi connectivity index (χ2n) is 5.65. The van der Waals surface area contributed by atoms with Crippen molar-refractivity contribution in [3.8, 4) is 0 Å². The maximum absolute atomic E-state index is 13.1. The summed E-state index contributed by atoms with van der Waals surface area (Å²) >= 11 is 0.559. The minimum atomic E-state index is -4.36. The minimum absolute atomic E-state index is 0.0217. The number of ether oxygens (including phenoxy) is 2. The molecule has 2 rings (SSSR count). The third-order valence-corrected chi connectivity index (χ3v) is 7.82. The molecule has 0 saturated carbocycles. The number of carbonyl (C=O) groups excluding carboxylic acids is 3. The Labute approximate surface area is 154 Å². The topological polar surface area (TPSA) is 130 Å². The molecule has 0 unspecified atom stereocenters. The van der Waals surface area contributed by atoms with E-state index in [0.29, 0.717) is 24.2 Å². The number of sulfonamides is 1. The first-order chi connectivity index (χ1) is 12.2. The summed E-state index contributed by atoms with van der Waals surface area (Å²) < 4.78 is 35.9. The molecule has 11 heteroatoms. The second kappa shape index (κ2) is 7.72. The van der Waals surface area contributed by atoms with Crippen LogP contribution >= 0.6 is 11.3 Å². The van der Waals surface area contributed by atoms with Gasteiger partial charge in [0.1, 0.15) is 4.88 Å². The molecule has 144 valence electrons. The summed E-state index contributed by atoms with van der Waals surface area (Å²) in [7, 11) is -2.15. The molecule has 0 spiro atoms. The molecule has 0 bridgehead atoms. The van der Waals surface area contributed by atoms with Crippen LogP contribution in [0, 0.1) is 6.92 Å². The lowest BCUT2D eigenvalue weighted by molar-refractivity contribution is -0.311. The van der Waals surface area contributed by atoms with Crippen LogP contribution < -0.4 is 5.11 Å². The predicted molar refractivity (Wildman–Crippen MR) is 88.3 cm³/mol. The van der Waals surface area contributed by atoms with E-state index in [0.717, 1.165) is 18.5 Å². The van der Waals surface area contributed by atoms with Gasteiger partial charge in [0, 0.05) is 6.54 Å². The van der Waals surface area contributed by atoms with Gasteiger partial charge in [0.05, 0.1) is 31.8 Å². The van der Waals surface area contributed by atoms with Crippen molar-refractivity contribution in [2.45, 2.75) is 36.4 Å². The van der Waals surface area contributed by atoms with Crippen LogP contribution in [0.15, 0.2) is 4.21 Å². The predicted octanol–water partition coefficient (Wildman–Crippen LogP) is -0.0772. The second-order valence-corrected chi connectivity index (χ2v) is 8.75. The summed E-state index contributed by atoms with van der Waals surface area (Å²) in [5.74, 6) is -3.24. The van der Waals surface area contributed by atoms with E-state index in [2.05, 4.69) is 9.47 Å². The van der Waals surface area contributed by atoms with E-state index in [1.54, 1.807) is 0 Å². The highest BCUT2D eigenvalue weighted by Gasteiger charge is 2.40. The lowest BCUT2D eigenvalue weighted by Gasteiger charge is -2.34. The zero-order chi connectivity index (χ0) is 19.6. The van der Waals surface area contributed by atoms with Crippen molar-refractivity contribution < 1.29 is 37.4 Å². The number of methoxy groups -OCH3 is 2. The molecule has 1 aliphatic rings. The van der Waals surface area contributed by atoms with Crippen molar-refractivity contribution in [3.63, 3.8) is 0 Å². The minimum Gasteiger partial charge on any atom is -0.548 e. The van der Waals surface area contributed by atoms with E-state index in [-0.39, 0.29) is 29.0 Å². The summed E-state index contributed by atoms with van der Waals surface area (Å²) in [6.45, 7) is 1.38. The number of nitrogens with zero attached hydrogens (tertiary/aromatic N) is 1.